The number of rotatable bonds is 5. The van der Waals surface area contributed by atoms with Crippen LogP contribution in [0.25, 0.3) is 22.4 Å². The fraction of sp³-hybridized carbons (Fsp3) is 0.278. The van der Waals surface area contributed by atoms with E-state index in [2.05, 4.69) is 9.97 Å². The molecule has 2 heterocycles. The molecule has 0 fully saturated rings. The van der Waals surface area contributed by atoms with E-state index in [9.17, 15) is 24.5 Å². The van der Waals surface area contributed by atoms with Gasteiger partial charge in [0.05, 0.1) is 12.0 Å². The molecule has 0 bridgehead atoms. The molecule has 11 nitrogen and oxygen atoms in total. The minimum Gasteiger partial charge on any atom is -0.468 e. The van der Waals surface area contributed by atoms with Gasteiger partial charge in [0.1, 0.15) is 15.7 Å². The van der Waals surface area contributed by atoms with Crippen LogP contribution in [0.15, 0.2) is 38.9 Å². The van der Waals surface area contributed by atoms with Gasteiger partial charge in [-0.2, -0.15) is 0 Å². The largest absolute Gasteiger partial charge is 0.468 e. The smallest absolute Gasteiger partial charge is 0.332 e. The van der Waals surface area contributed by atoms with Crippen molar-refractivity contribution in [3.8, 4) is 11.4 Å². The Labute approximate surface area is 173 Å². The zero-order valence-corrected chi connectivity index (χ0v) is 17.3. The second-order valence-corrected chi connectivity index (χ2v) is 7.67. The number of hydrogen-bond acceptors (Lipinski definition) is 9. The molecule has 0 aliphatic carbocycles. The molecule has 3 aromatic rings. The number of carbonyl (C=O) groups is 1. The van der Waals surface area contributed by atoms with E-state index < -0.39 is 27.4 Å². The van der Waals surface area contributed by atoms with Gasteiger partial charge in [-0.3, -0.25) is 28.8 Å². The quantitative estimate of drug-likeness (QED) is 0.192. The number of carbonyl (C=O) groups excluding carboxylic acids is 1. The van der Waals surface area contributed by atoms with Crippen molar-refractivity contribution in [3.05, 3.63) is 55.2 Å². The minimum absolute atomic E-state index is 0.0889. The van der Waals surface area contributed by atoms with Gasteiger partial charge >= 0.3 is 11.7 Å². The summed E-state index contributed by atoms with van der Waals surface area (Å²) < 4.78 is 6.88. The molecule has 0 aliphatic heterocycles. The van der Waals surface area contributed by atoms with Crippen molar-refractivity contribution in [1.29, 1.82) is 0 Å². The van der Waals surface area contributed by atoms with Gasteiger partial charge in [-0.25, -0.2) is 14.8 Å². The van der Waals surface area contributed by atoms with Crippen molar-refractivity contribution in [2.75, 3.05) is 7.11 Å². The van der Waals surface area contributed by atoms with Gasteiger partial charge in [-0.05, 0) is 19.1 Å². The predicted octanol–water partition coefficient (Wildman–Crippen LogP) is 1.26. The average molecular weight is 431 g/mol. The Morgan fingerprint density at radius 2 is 1.80 bits per heavy atom. The lowest BCUT2D eigenvalue weighted by Gasteiger charge is -2.14. The molecule has 1 atom stereocenters. The summed E-state index contributed by atoms with van der Waals surface area (Å²) in [5, 5.41) is 10.5. The monoisotopic (exact) mass is 431 g/mol. The number of esters is 1. The maximum absolute atomic E-state index is 12.8. The Morgan fingerprint density at radius 1 is 1.17 bits per heavy atom. The number of ether oxygens (including phenoxy) is 1. The van der Waals surface area contributed by atoms with Crippen LogP contribution in [0, 0.1) is 10.1 Å². The number of aromatic nitrogens is 4. The van der Waals surface area contributed by atoms with E-state index in [1.165, 1.54) is 50.0 Å². The van der Waals surface area contributed by atoms with Crippen molar-refractivity contribution < 1.29 is 14.5 Å². The molecule has 0 radical (unpaired) electrons. The number of nitrogens with zero attached hydrogens (tertiary/aromatic N) is 5. The normalized spacial score (nSPS) is 12.0. The van der Waals surface area contributed by atoms with Crippen LogP contribution in [0.2, 0.25) is 0 Å². The third kappa shape index (κ3) is 3.68. The highest BCUT2D eigenvalue weighted by Gasteiger charge is 2.23. The third-order valence-electron chi connectivity index (χ3n) is 4.42. The van der Waals surface area contributed by atoms with Gasteiger partial charge in [0.15, 0.2) is 11.5 Å². The fourth-order valence-corrected chi connectivity index (χ4v) is 3.72. The number of nitro groups is 1. The SMILES string of the molecule is COC(=O)C(C)Sc1nc(-c2ccc([N+](=O)[O-])cc2)nc2c1c(=O)n(C)c(=O)n2C. The Balaban J connectivity index is 2.30. The lowest BCUT2D eigenvalue weighted by Crippen LogP contribution is -2.37. The maximum Gasteiger partial charge on any atom is 0.332 e. The molecule has 3 rings (SSSR count). The Kier molecular flexibility index (Phi) is 5.69. The molecule has 30 heavy (non-hydrogen) atoms. The first kappa shape index (κ1) is 21.2. The van der Waals surface area contributed by atoms with Crippen LogP contribution in [0.3, 0.4) is 0 Å². The molecule has 12 heteroatoms. The third-order valence-corrected chi connectivity index (χ3v) is 5.49. The van der Waals surface area contributed by atoms with E-state index in [0.717, 1.165) is 16.3 Å². The zero-order valence-electron chi connectivity index (χ0n) is 16.5. The number of nitro benzene ring substituents is 1. The van der Waals surface area contributed by atoms with Crippen LogP contribution in [-0.2, 0) is 23.6 Å². The van der Waals surface area contributed by atoms with Crippen molar-refractivity contribution in [2.24, 2.45) is 14.1 Å². The average Bonchev–Trinajstić information content (AvgIpc) is 2.75. The Morgan fingerprint density at radius 3 is 2.37 bits per heavy atom. The number of aryl methyl sites for hydroxylation is 1. The van der Waals surface area contributed by atoms with Crippen LogP contribution in [0.4, 0.5) is 5.69 Å². The van der Waals surface area contributed by atoms with Gasteiger partial charge in [0.2, 0.25) is 0 Å². The van der Waals surface area contributed by atoms with Gasteiger partial charge in [0.25, 0.3) is 11.2 Å². The Bertz CT molecular complexity index is 1280. The standard InChI is InChI=1S/C18H17N5O6S/c1-9(17(25)29-4)30-15-12-14(21(2)18(26)22(3)16(12)24)19-13(20-15)10-5-7-11(8-6-10)23(27)28/h5-9H,1-4H3. The summed E-state index contributed by atoms with van der Waals surface area (Å²) in [6, 6.07) is 5.54. The number of fused-ring (bicyclic) bond motifs is 1. The summed E-state index contributed by atoms with van der Waals surface area (Å²) in [6.45, 7) is 1.60. The minimum atomic E-state index is -0.681. The lowest BCUT2D eigenvalue weighted by atomic mass is 10.2. The van der Waals surface area contributed by atoms with Crippen molar-refractivity contribution in [3.63, 3.8) is 0 Å². The number of non-ortho nitro benzene ring substituents is 1. The molecular formula is C18H17N5O6S. The van der Waals surface area contributed by atoms with Gasteiger partial charge in [0, 0.05) is 31.8 Å². The first-order valence-electron chi connectivity index (χ1n) is 8.62. The highest BCUT2D eigenvalue weighted by atomic mass is 32.2. The summed E-state index contributed by atoms with van der Waals surface area (Å²) in [4.78, 5) is 56.2. The van der Waals surface area contributed by atoms with Gasteiger partial charge < -0.3 is 4.74 Å². The summed E-state index contributed by atoms with van der Waals surface area (Å²) in [7, 11) is 4.06. The molecule has 0 N–H and O–H groups in total. The summed E-state index contributed by atoms with van der Waals surface area (Å²) >= 11 is 0.997. The molecule has 2 aromatic heterocycles. The number of hydrogen-bond donors (Lipinski definition) is 0. The predicted molar refractivity (Wildman–Crippen MR) is 109 cm³/mol. The lowest BCUT2D eigenvalue weighted by molar-refractivity contribution is -0.384. The van der Waals surface area contributed by atoms with Crippen molar-refractivity contribution in [2.45, 2.75) is 17.2 Å². The van der Waals surface area contributed by atoms with Crippen LogP contribution >= 0.6 is 11.8 Å². The molecule has 1 aromatic carbocycles. The van der Waals surface area contributed by atoms with Crippen LogP contribution in [0.1, 0.15) is 6.92 Å². The Hall–Kier alpha value is -3.54. The molecule has 156 valence electrons. The van der Waals surface area contributed by atoms with Crippen LogP contribution < -0.4 is 11.2 Å². The molecular weight excluding hydrogens is 414 g/mol. The number of thioether (sulfide) groups is 1. The van der Waals surface area contributed by atoms with E-state index in [1.807, 2.05) is 0 Å². The first-order valence-corrected chi connectivity index (χ1v) is 9.50. The molecule has 0 saturated heterocycles. The number of methoxy groups -OCH3 is 1. The summed E-state index contributed by atoms with van der Waals surface area (Å²) in [5.41, 5.74) is -0.732. The summed E-state index contributed by atoms with van der Waals surface area (Å²) in [5.74, 6) is -0.356. The van der Waals surface area contributed by atoms with Gasteiger partial charge in [-0.1, -0.05) is 11.8 Å². The second kappa shape index (κ2) is 8.06. The van der Waals surface area contributed by atoms with Crippen molar-refractivity contribution >= 4 is 34.5 Å². The topological polar surface area (TPSA) is 139 Å². The van der Waals surface area contributed by atoms with E-state index in [-0.39, 0.29) is 27.6 Å². The maximum atomic E-state index is 12.8. The first-order chi connectivity index (χ1) is 14.1. The highest BCUT2D eigenvalue weighted by Crippen LogP contribution is 2.29. The summed E-state index contributed by atoms with van der Waals surface area (Å²) in [6.07, 6.45) is 0. The number of benzene rings is 1. The van der Waals surface area contributed by atoms with E-state index in [4.69, 9.17) is 4.74 Å². The van der Waals surface area contributed by atoms with E-state index in [0.29, 0.717) is 5.56 Å². The van der Waals surface area contributed by atoms with Gasteiger partial charge in [-0.15, -0.1) is 0 Å². The molecule has 0 spiro atoms. The van der Waals surface area contributed by atoms with Crippen LogP contribution in [-0.4, -0.2) is 42.4 Å². The highest BCUT2D eigenvalue weighted by molar-refractivity contribution is 8.00. The molecule has 0 saturated carbocycles. The van der Waals surface area contributed by atoms with E-state index >= 15 is 0 Å². The molecule has 0 amide bonds. The second-order valence-electron chi connectivity index (χ2n) is 6.34. The zero-order chi connectivity index (χ0) is 22.2. The fourth-order valence-electron chi connectivity index (χ4n) is 2.76. The molecule has 1 unspecified atom stereocenters. The van der Waals surface area contributed by atoms with Crippen molar-refractivity contribution in [1.82, 2.24) is 19.1 Å². The van der Waals surface area contributed by atoms with E-state index in [1.54, 1.807) is 6.92 Å². The van der Waals surface area contributed by atoms with Crippen LogP contribution in [0.5, 0.6) is 0 Å². The molecule has 0 aliphatic rings.